The van der Waals surface area contributed by atoms with E-state index >= 15 is 0 Å². The average molecular weight is 270 g/mol. The molecule has 113 valence electrons. The van der Waals surface area contributed by atoms with Gasteiger partial charge in [-0.1, -0.05) is 71.6 Å². The summed E-state index contributed by atoms with van der Waals surface area (Å²) in [6.45, 7) is 4.94. The molecule has 1 amide bonds. The van der Waals surface area contributed by atoms with E-state index < -0.39 is 12.0 Å². The molecule has 1 radical (unpaired) electrons. The first kappa shape index (κ1) is 18.4. The molecule has 3 nitrogen and oxygen atoms in total. The second-order valence-electron chi connectivity index (χ2n) is 5.34. The average Bonchev–Trinajstić information content (AvgIpc) is 2.39. The minimum Gasteiger partial charge on any atom is -0.368 e. The van der Waals surface area contributed by atoms with Crippen molar-refractivity contribution >= 4 is 5.91 Å². The lowest BCUT2D eigenvalue weighted by atomic mass is 10.1. The molecule has 0 saturated carbocycles. The summed E-state index contributed by atoms with van der Waals surface area (Å²) in [5.74, 6) is -0.556. The summed E-state index contributed by atoms with van der Waals surface area (Å²) in [5, 5.41) is 0. The summed E-state index contributed by atoms with van der Waals surface area (Å²) >= 11 is 0. The molecule has 0 saturated heterocycles. The number of rotatable bonds is 14. The molecule has 0 spiro atoms. The molecule has 0 fully saturated rings. The quantitative estimate of drug-likeness (QED) is 0.436. The standard InChI is InChI=1S/C16H32NO2/c1-3-5-7-8-9-10-11-12-13-15(16(17)18)19-14-6-4-2/h15,17H,3-14H2,1-2H3. The zero-order valence-corrected chi connectivity index (χ0v) is 12.9. The topological polar surface area (TPSA) is 50.1 Å². The molecule has 19 heavy (non-hydrogen) atoms. The Morgan fingerprint density at radius 2 is 1.42 bits per heavy atom. The fourth-order valence-electron chi connectivity index (χ4n) is 2.12. The van der Waals surface area contributed by atoms with Gasteiger partial charge in [-0.05, 0) is 12.8 Å². The Hall–Kier alpha value is -0.570. The van der Waals surface area contributed by atoms with Crippen molar-refractivity contribution in [2.24, 2.45) is 0 Å². The van der Waals surface area contributed by atoms with Crippen molar-refractivity contribution in [2.45, 2.75) is 90.6 Å². The molecular weight excluding hydrogens is 238 g/mol. The van der Waals surface area contributed by atoms with E-state index in [0.29, 0.717) is 6.61 Å². The van der Waals surface area contributed by atoms with E-state index in [2.05, 4.69) is 13.8 Å². The fourth-order valence-corrected chi connectivity index (χ4v) is 2.12. The van der Waals surface area contributed by atoms with Crippen LogP contribution in [-0.4, -0.2) is 18.6 Å². The Bertz CT molecular complexity index is 207. The van der Waals surface area contributed by atoms with Gasteiger partial charge in [0.25, 0.3) is 5.91 Å². The summed E-state index contributed by atoms with van der Waals surface area (Å²) in [4.78, 5) is 11.1. The van der Waals surface area contributed by atoms with Crippen molar-refractivity contribution in [2.75, 3.05) is 6.61 Å². The van der Waals surface area contributed by atoms with Crippen molar-refractivity contribution in [3.05, 3.63) is 0 Å². The van der Waals surface area contributed by atoms with Gasteiger partial charge in [0.2, 0.25) is 0 Å². The molecule has 0 aliphatic carbocycles. The first-order valence-electron chi connectivity index (χ1n) is 8.09. The second kappa shape index (κ2) is 13.9. The molecular formula is C16H32NO2. The summed E-state index contributed by atoms with van der Waals surface area (Å²) < 4.78 is 5.47. The van der Waals surface area contributed by atoms with Gasteiger partial charge in [-0.25, -0.2) is 0 Å². The molecule has 0 bridgehead atoms. The Morgan fingerprint density at radius 1 is 0.895 bits per heavy atom. The van der Waals surface area contributed by atoms with E-state index in [4.69, 9.17) is 10.5 Å². The smallest absolute Gasteiger partial charge is 0.267 e. The molecule has 0 aliphatic heterocycles. The van der Waals surface area contributed by atoms with E-state index in [1.54, 1.807) is 0 Å². The number of unbranched alkanes of at least 4 members (excludes halogenated alkanes) is 8. The van der Waals surface area contributed by atoms with Gasteiger partial charge in [0.1, 0.15) is 6.10 Å². The number of nitrogens with one attached hydrogen (secondary N) is 1. The Morgan fingerprint density at radius 3 is 1.95 bits per heavy atom. The molecule has 0 rings (SSSR count). The van der Waals surface area contributed by atoms with Crippen LogP contribution in [0, 0.1) is 0 Å². The zero-order valence-electron chi connectivity index (χ0n) is 12.9. The maximum absolute atomic E-state index is 11.1. The number of amides is 1. The third kappa shape index (κ3) is 12.2. The maximum Gasteiger partial charge on any atom is 0.267 e. The highest BCUT2D eigenvalue weighted by Gasteiger charge is 2.15. The van der Waals surface area contributed by atoms with Gasteiger partial charge >= 0.3 is 0 Å². The molecule has 1 unspecified atom stereocenters. The highest BCUT2D eigenvalue weighted by molar-refractivity contribution is 5.77. The van der Waals surface area contributed by atoms with E-state index in [1.165, 1.54) is 38.5 Å². The third-order valence-corrected chi connectivity index (χ3v) is 3.43. The maximum atomic E-state index is 11.1. The lowest BCUT2D eigenvalue weighted by molar-refractivity contribution is -0.130. The number of ether oxygens (including phenoxy) is 1. The molecule has 0 heterocycles. The van der Waals surface area contributed by atoms with Gasteiger partial charge in [0, 0.05) is 6.61 Å². The normalized spacial score (nSPS) is 12.5. The number of carbonyl (C=O) groups is 1. The van der Waals surface area contributed by atoms with Gasteiger partial charge in [0.15, 0.2) is 0 Å². The molecule has 0 aromatic carbocycles. The largest absolute Gasteiger partial charge is 0.368 e. The van der Waals surface area contributed by atoms with Gasteiger partial charge < -0.3 is 4.74 Å². The SMILES string of the molecule is CCCCCCCCCCC(OCCCC)C([NH])=O. The predicted molar refractivity (Wildman–Crippen MR) is 80.0 cm³/mol. The van der Waals surface area contributed by atoms with E-state index in [9.17, 15) is 4.79 Å². The van der Waals surface area contributed by atoms with Crippen LogP contribution >= 0.6 is 0 Å². The van der Waals surface area contributed by atoms with Gasteiger partial charge in [0.05, 0.1) is 0 Å². The lowest BCUT2D eigenvalue weighted by Gasteiger charge is -2.13. The summed E-state index contributed by atoms with van der Waals surface area (Å²) in [5.41, 5.74) is 7.20. The summed E-state index contributed by atoms with van der Waals surface area (Å²) in [6.07, 6.45) is 12.3. The van der Waals surface area contributed by atoms with Crippen LogP contribution in [0.3, 0.4) is 0 Å². The molecule has 1 N–H and O–H groups in total. The van der Waals surface area contributed by atoms with Gasteiger partial charge in [-0.15, -0.1) is 0 Å². The fraction of sp³-hybridized carbons (Fsp3) is 0.938. The highest BCUT2D eigenvalue weighted by Crippen LogP contribution is 2.12. The first-order chi connectivity index (χ1) is 9.22. The summed E-state index contributed by atoms with van der Waals surface area (Å²) in [6, 6.07) is 0. The van der Waals surface area contributed by atoms with Crippen molar-refractivity contribution in [1.82, 2.24) is 5.73 Å². The van der Waals surface area contributed by atoms with Crippen LogP contribution in [0.5, 0.6) is 0 Å². The van der Waals surface area contributed by atoms with Crippen molar-refractivity contribution in [3.8, 4) is 0 Å². The Balaban J connectivity index is 3.45. The van der Waals surface area contributed by atoms with Gasteiger partial charge in [-0.3, -0.25) is 10.5 Å². The van der Waals surface area contributed by atoms with Gasteiger partial charge in [-0.2, -0.15) is 0 Å². The molecule has 0 aliphatic rings. The number of hydrogen-bond donors (Lipinski definition) is 0. The molecule has 3 heteroatoms. The molecule has 1 atom stereocenters. The van der Waals surface area contributed by atoms with Crippen molar-refractivity contribution < 1.29 is 9.53 Å². The molecule has 0 aromatic rings. The van der Waals surface area contributed by atoms with Crippen LogP contribution in [0.2, 0.25) is 0 Å². The van der Waals surface area contributed by atoms with Crippen LogP contribution in [0.25, 0.3) is 0 Å². The van der Waals surface area contributed by atoms with Crippen LogP contribution in [0.1, 0.15) is 84.5 Å². The van der Waals surface area contributed by atoms with E-state index in [0.717, 1.165) is 32.1 Å². The number of hydrogen-bond acceptors (Lipinski definition) is 2. The minimum atomic E-state index is -0.556. The van der Waals surface area contributed by atoms with Crippen LogP contribution < -0.4 is 5.73 Å². The molecule has 0 aromatic heterocycles. The second-order valence-corrected chi connectivity index (χ2v) is 5.34. The monoisotopic (exact) mass is 270 g/mol. The predicted octanol–water partition coefficient (Wildman–Crippen LogP) is 4.51. The van der Waals surface area contributed by atoms with Crippen LogP contribution in [0.15, 0.2) is 0 Å². The summed E-state index contributed by atoms with van der Waals surface area (Å²) in [7, 11) is 0. The third-order valence-electron chi connectivity index (χ3n) is 3.43. The first-order valence-corrected chi connectivity index (χ1v) is 8.09. The Kier molecular flexibility index (Phi) is 13.4. The van der Waals surface area contributed by atoms with Crippen molar-refractivity contribution in [1.29, 1.82) is 0 Å². The lowest BCUT2D eigenvalue weighted by Crippen LogP contribution is -2.25. The van der Waals surface area contributed by atoms with E-state index in [-0.39, 0.29) is 0 Å². The number of carbonyl (C=O) groups excluding carboxylic acids is 1. The minimum absolute atomic E-state index is 0.480. The Labute approximate surface area is 119 Å². The zero-order chi connectivity index (χ0) is 14.3. The van der Waals surface area contributed by atoms with Crippen LogP contribution in [0.4, 0.5) is 0 Å². The van der Waals surface area contributed by atoms with E-state index in [1.807, 2.05) is 0 Å². The highest BCUT2D eigenvalue weighted by atomic mass is 16.5. The van der Waals surface area contributed by atoms with Crippen molar-refractivity contribution in [3.63, 3.8) is 0 Å². The van der Waals surface area contributed by atoms with Crippen LogP contribution in [-0.2, 0) is 9.53 Å².